The normalized spacial score (nSPS) is 16.5. The third kappa shape index (κ3) is 3.59. The molecule has 3 heterocycles. The van der Waals surface area contributed by atoms with Crippen LogP contribution in [0, 0.1) is 6.92 Å². The molecular weight excluding hydrogens is 312 g/mol. The van der Waals surface area contributed by atoms with Gasteiger partial charge in [-0.1, -0.05) is 5.21 Å². The van der Waals surface area contributed by atoms with Crippen LogP contribution in [0.1, 0.15) is 53.9 Å². The van der Waals surface area contributed by atoms with Crippen LogP contribution in [0.4, 0.5) is 0 Å². The maximum absolute atomic E-state index is 12.5. The summed E-state index contributed by atoms with van der Waals surface area (Å²) in [5.41, 5.74) is 0.781. The fraction of sp³-hybridized carbons (Fsp3) is 0.600. The molecule has 0 saturated carbocycles. The smallest absolute Gasteiger partial charge is 0.274 e. The lowest BCUT2D eigenvalue weighted by atomic mass is 10.1. The Balaban J connectivity index is 1.69. The van der Waals surface area contributed by atoms with Gasteiger partial charge in [0.1, 0.15) is 5.01 Å². The maximum Gasteiger partial charge on any atom is 0.274 e. The summed E-state index contributed by atoms with van der Waals surface area (Å²) < 4.78 is 1.82. The van der Waals surface area contributed by atoms with Crippen LogP contribution in [0.3, 0.4) is 0 Å². The molecule has 1 aliphatic heterocycles. The number of hydrogen-bond donors (Lipinski definition) is 2. The summed E-state index contributed by atoms with van der Waals surface area (Å²) in [5, 5.41) is 17.4. The first-order valence-electron chi connectivity index (χ1n) is 7.83. The first-order chi connectivity index (χ1) is 11.0. The van der Waals surface area contributed by atoms with Crippen LogP contribution in [0.2, 0.25) is 0 Å². The molecule has 23 heavy (non-hydrogen) atoms. The second-order valence-corrected chi connectivity index (χ2v) is 7.30. The molecule has 8 heteroatoms. The van der Waals surface area contributed by atoms with Crippen LogP contribution in [0.25, 0.3) is 0 Å². The Kier molecular flexibility index (Phi) is 4.45. The SMILES string of the molecule is Cc1csc(C(C)(C)NC(=O)c2cn(C3CCNCC3)nn2)n1. The van der Waals surface area contributed by atoms with Crippen molar-refractivity contribution in [2.75, 3.05) is 13.1 Å². The van der Waals surface area contributed by atoms with Crippen molar-refractivity contribution in [3.8, 4) is 0 Å². The first kappa shape index (κ1) is 16.1. The molecule has 0 aromatic carbocycles. The van der Waals surface area contributed by atoms with Gasteiger partial charge in [0.2, 0.25) is 0 Å². The highest BCUT2D eigenvalue weighted by Gasteiger charge is 2.28. The Hall–Kier alpha value is -1.80. The lowest BCUT2D eigenvalue weighted by Gasteiger charge is -2.23. The highest BCUT2D eigenvalue weighted by molar-refractivity contribution is 7.09. The fourth-order valence-electron chi connectivity index (χ4n) is 2.67. The van der Waals surface area contributed by atoms with Gasteiger partial charge >= 0.3 is 0 Å². The molecule has 2 N–H and O–H groups in total. The van der Waals surface area contributed by atoms with Crippen molar-refractivity contribution in [1.29, 1.82) is 0 Å². The predicted molar refractivity (Wildman–Crippen MR) is 88.5 cm³/mol. The van der Waals surface area contributed by atoms with Gasteiger partial charge in [0, 0.05) is 11.1 Å². The molecule has 1 amide bonds. The summed E-state index contributed by atoms with van der Waals surface area (Å²) >= 11 is 1.55. The topological polar surface area (TPSA) is 84.7 Å². The minimum atomic E-state index is -0.533. The Bertz CT molecular complexity index is 686. The van der Waals surface area contributed by atoms with Gasteiger partial charge in [-0.05, 0) is 46.7 Å². The largest absolute Gasteiger partial charge is 0.339 e. The molecule has 0 radical (unpaired) electrons. The van der Waals surface area contributed by atoms with Gasteiger partial charge in [0.15, 0.2) is 5.69 Å². The standard InChI is InChI=1S/C15H22N6OS/c1-10-9-23-14(17-10)15(2,3)18-13(22)12-8-21(20-19-12)11-4-6-16-7-5-11/h8-9,11,16H,4-7H2,1-3H3,(H,18,22). The molecule has 1 fully saturated rings. The van der Waals surface area contributed by atoms with Crippen LogP contribution in [0.15, 0.2) is 11.6 Å². The van der Waals surface area contributed by atoms with Crippen LogP contribution in [0.5, 0.6) is 0 Å². The second kappa shape index (κ2) is 6.37. The van der Waals surface area contributed by atoms with Gasteiger partial charge in [-0.3, -0.25) is 4.79 Å². The van der Waals surface area contributed by atoms with Crippen LogP contribution in [-0.2, 0) is 5.54 Å². The third-order valence-corrected chi connectivity index (χ3v) is 5.29. The first-order valence-corrected chi connectivity index (χ1v) is 8.71. The third-order valence-electron chi connectivity index (χ3n) is 4.01. The van der Waals surface area contributed by atoms with Gasteiger partial charge in [0.25, 0.3) is 5.91 Å². The van der Waals surface area contributed by atoms with Crippen molar-refractivity contribution in [1.82, 2.24) is 30.6 Å². The molecule has 0 bridgehead atoms. The molecule has 3 rings (SSSR count). The Morgan fingerprint density at radius 1 is 1.43 bits per heavy atom. The Morgan fingerprint density at radius 2 is 2.17 bits per heavy atom. The van der Waals surface area contributed by atoms with E-state index in [9.17, 15) is 4.79 Å². The summed E-state index contributed by atoms with van der Waals surface area (Å²) in [4.78, 5) is 16.9. The maximum atomic E-state index is 12.5. The summed E-state index contributed by atoms with van der Waals surface area (Å²) in [5.74, 6) is -0.219. The van der Waals surface area contributed by atoms with E-state index in [-0.39, 0.29) is 5.91 Å². The van der Waals surface area contributed by atoms with E-state index in [4.69, 9.17) is 0 Å². The number of nitrogens with zero attached hydrogens (tertiary/aromatic N) is 4. The van der Waals surface area contributed by atoms with Gasteiger partial charge in [-0.25, -0.2) is 9.67 Å². The van der Waals surface area contributed by atoms with E-state index in [0.29, 0.717) is 11.7 Å². The van der Waals surface area contributed by atoms with Gasteiger partial charge in [-0.2, -0.15) is 0 Å². The Morgan fingerprint density at radius 3 is 2.83 bits per heavy atom. The number of rotatable bonds is 4. The zero-order valence-corrected chi connectivity index (χ0v) is 14.5. The van der Waals surface area contributed by atoms with Crippen molar-refractivity contribution in [3.63, 3.8) is 0 Å². The molecular formula is C15H22N6OS. The van der Waals surface area contributed by atoms with Crippen LogP contribution >= 0.6 is 11.3 Å². The van der Waals surface area contributed by atoms with Crippen LogP contribution in [-0.4, -0.2) is 39.0 Å². The number of carbonyl (C=O) groups is 1. The summed E-state index contributed by atoms with van der Waals surface area (Å²) in [6.45, 7) is 7.79. The van der Waals surface area contributed by atoms with Crippen molar-refractivity contribution in [2.24, 2.45) is 0 Å². The number of piperidine rings is 1. The van der Waals surface area contributed by atoms with Crippen LogP contribution < -0.4 is 10.6 Å². The van der Waals surface area contributed by atoms with E-state index in [2.05, 4.69) is 25.9 Å². The van der Waals surface area contributed by atoms with Crippen molar-refractivity contribution >= 4 is 17.2 Å². The number of aromatic nitrogens is 4. The summed E-state index contributed by atoms with van der Waals surface area (Å²) in [6, 6.07) is 0.319. The van der Waals surface area contributed by atoms with E-state index >= 15 is 0 Å². The average molecular weight is 334 g/mol. The zero-order valence-electron chi connectivity index (χ0n) is 13.7. The molecule has 7 nitrogen and oxygen atoms in total. The Labute approximate surface area is 139 Å². The van der Waals surface area contributed by atoms with E-state index in [0.717, 1.165) is 36.6 Å². The molecule has 0 unspecified atom stereocenters. The van der Waals surface area contributed by atoms with E-state index in [1.807, 2.05) is 30.8 Å². The van der Waals surface area contributed by atoms with Gasteiger partial charge in [-0.15, -0.1) is 16.4 Å². The number of carbonyl (C=O) groups excluding carboxylic acids is 1. The highest BCUT2D eigenvalue weighted by atomic mass is 32.1. The van der Waals surface area contributed by atoms with Gasteiger partial charge in [0.05, 0.1) is 17.8 Å². The zero-order chi connectivity index (χ0) is 16.4. The van der Waals surface area contributed by atoms with Crippen molar-refractivity contribution < 1.29 is 4.79 Å². The number of aryl methyl sites for hydroxylation is 1. The molecule has 1 aliphatic rings. The minimum absolute atomic E-state index is 0.219. The molecule has 0 spiro atoms. The quantitative estimate of drug-likeness (QED) is 0.888. The number of nitrogens with one attached hydrogen (secondary N) is 2. The summed E-state index contributed by atoms with van der Waals surface area (Å²) in [6.07, 6.45) is 3.76. The molecule has 1 saturated heterocycles. The lowest BCUT2D eigenvalue weighted by molar-refractivity contribution is 0.0906. The van der Waals surface area contributed by atoms with Gasteiger partial charge < -0.3 is 10.6 Å². The lowest BCUT2D eigenvalue weighted by Crippen LogP contribution is -2.41. The highest BCUT2D eigenvalue weighted by Crippen LogP contribution is 2.24. The van der Waals surface area contributed by atoms with Crippen molar-refractivity contribution in [3.05, 3.63) is 28.0 Å². The fourth-order valence-corrected chi connectivity index (χ4v) is 3.55. The minimum Gasteiger partial charge on any atom is -0.339 e. The molecule has 2 aromatic rings. The van der Waals surface area contributed by atoms with E-state index in [1.54, 1.807) is 17.5 Å². The molecule has 124 valence electrons. The van der Waals surface area contributed by atoms with E-state index < -0.39 is 5.54 Å². The number of thiazole rings is 1. The summed E-state index contributed by atoms with van der Waals surface area (Å²) in [7, 11) is 0. The monoisotopic (exact) mass is 334 g/mol. The number of hydrogen-bond acceptors (Lipinski definition) is 6. The second-order valence-electron chi connectivity index (χ2n) is 6.44. The molecule has 0 aliphatic carbocycles. The predicted octanol–water partition coefficient (Wildman–Crippen LogP) is 1.63. The molecule has 2 aromatic heterocycles. The van der Waals surface area contributed by atoms with E-state index in [1.165, 1.54) is 0 Å². The van der Waals surface area contributed by atoms with Crippen molar-refractivity contribution in [2.45, 2.75) is 45.2 Å². The molecule has 0 atom stereocenters. The number of amides is 1. The average Bonchev–Trinajstić information content (AvgIpc) is 3.17.